The fourth-order valence-electron chi connectivity index (χ4n) is 5.47. The van der Waals surface area contributed by atoms with Gasteiger partial charge >= 0.3 is 0 Å². The van der Waals surface area contributed by atoms with Gasteiger partial charge in [-0.1, -0.05) is 84.4 Å². The Morgan fingerprint density at radius 2 is 1.50 bits per heavy atom. The predicted molar refractivity (Wildman–Crippen MR) is 134 cm³/mol. The molecule has 2 aliphatic rings. The summed E-state index contributed by atoms with van der Waals surface area (Å²) in [7, 11) is 0. The van der Waals surface area contributed by atoms with E-state index in [4.69, 9.17) is 0 Å². The lowest BCUT2D eigenvalue weighted by molar-refractivity contribution is 0.826. The summed E-state index contributed by atoms with van der Waals surface area (Å²) in [6.07, 6.45) is 4.57. The number of aromatic amines is 1. The predicted octanol–water partition coefficient (Wildman–Crippen LogP) is 7.56. The van der Waals surface area contributed by atoms with Crippen LogP contribution in [0.25, 0.3) is 33.8 Å². The molecule has 32 heavy (non-hydrogen) atoms. The highest BCUT2D eigenvalue weighted by atomic mass is 15.2. The Balaban J connectivity index is 1.63. The topological polar surface area (TPSA) is 19.0 Å². The monoisotopic (exact) mass is 410 g/mol. The van der Waals surface area contributed by atoms with Gasteiger partial charge in [-0.05, 0) is 47.4 Å². The third-order valence-electron chi connectivity index (χ3n) is 6.93. The molecule has 5 aromatic rings. The number of H-pyrrole nitrogens is 1. The summed E-state index contributed by atoms with van der Waals surface area (Å²) in [5, 5.41) is 1.33. The van der Waals surface area contributed by atoms with Crippen LogP contribution in [-0.2, 0) is 0 Å². The highest BCUT2D eigenvalue weighted by Gasteiger charge is 2.37. The molecule has 1 atom stereocenters. The number of benzene rings is 4. The van der Waals surface area contributed by atoms with Crippen LogP contribution in [-0.4, -0.2) is 4.98 Å². The van der Waals surface area contributed by atoms with E-state index < -0.39 is 0 Å². The number of hydrogen-bond donors (Lipinski definition) is 1. The van der Waals surface area contributed by atoms with Gasteiger partial charge in [-0.3, -0.25) is 0 Å². The molecule has 2 nitrogen and oxygen atoms in total. The van der Waals surface area contributed by atoms with Crippen molar-refractivity contribution in [2.75, 3.05) is 4.90 Å². The minimum absolute atomic E-state index is 0.103. The van der Waals surface area contributed by atoms with Crippen molar-refractivity contribution < 1.29 is 0 Å². The molecule has 0 aliphatic carbocycles. The molecule has 0 bridgehead atoms. The van der Waals surface area contributed by atoms with Crippen molar-refractivity contribution in [1.82, 2.24) is 4.98 Å². The van der Waals surface area contributed by atoms with Gasteiger partial charge in [0, 0.05) is 39.6 Å². The van der Waals surface area contributed by atoms with Gasteiger partial charge in [-0.25, -0.2) is 0 Å². The van der Waals surface area contributed by atoms with Gasteiger partial charge in [0.15, 0.2) is 0 Å². The van der Waals surface area contributed by atoms with Crippen molar-refractivity contribution in [3.63, 3.8) is 0 Å². The summed E-state index contributed by atoms with van der Waals surface area (Å²) in [4.78, 5) is 6.10. The number of anilines is 1. The largest absolute Gasteiger partial charge is 0.361 e. The Hall–Kier alpha value is -4.04. The Kier molecular flexibility index (Phi) is 3.57. The first-order valence-corrected chi connectivity index (χ1v) is 11.2. The first kappa shape index (κ1) is 17.6. The molecule has 4 aromatic carbocycles. The quantitative estimate of drug-likeness (QED) is 0.302. The normalized spacial score (nSPS) is 16.1. The molecule has 152 valence electrons. The second-order valence-corrected chi connectivity index (χ2v) is 8.79. The number of nitrogens with one attached hydrogen (secondary N) is 1. The summed E-state index contributed by atoms with van der Waals surface area (Å²) in [6.45, 7) is 2.14. The molecule has 0 radical (unpaired) electrons. The van der Waals surface area contributed by atoms with E-state index in [1.54, 1.807) is 0 Å². The lowest BCUT2D eigenvalue weighted by Crippen LogP contribution is -2.31. The summed E-state index contributed by atoms with van der Waals surface area (Å²) < 4.78 is 0. The second-order valence-electron chi connectivity index (χ2n) is 8.79. The second kappa shape index (κ2) is 6.48. The Morgan fingerprint density at radius 1 is 0.719 bits per heavy atom. The van der Waals surface area contributed by atoms with Crippen molar-refractivity contribution in [3.05, 3.63) is 125 Å². The summed E-state index contributed by atoms with van der Waals surface area (Å²) in [5.41, 5.74) is 12.7. The molecule has 2 aliphatic heterocycles. The van der Waals surface area contributed by atoms with Crippen LogP contribution in [0.15, 0.2) is 97.2 Å². The number of aromatic nitrogens is 1. The van der Waals surface area contributed by atoms with Crippen LogP contribution in [0.5, 0.6) is 0 Å². The minimum atomic E-state index is 0.103. The molecular formula is C30H22N2. The van der Waals surface area contributed by atoms with Crippen LogP contribution in [0.1, 0.15) is 33.9 Å². The maximum atomic E-state index is 3.56. The van der Waals surface area contributed by atoms with Crippen LogP contribution >= 0.6 is 0 Å². The maximum absolute atomic E-state index is 3.56. The molecular weight excluding hydrogens is 388 g/mol. The van der Waals surface area contributed by atoms with E-state index in [0.717, 1.165) is 0 Å². The molecule has 3 heterocycles. The molecule has 0 spiro atoms. The van der Waals surface area contributed by atoms with Gasteiger partial charge in [-0.15, -0.1) is 0 Å². The third-order valence-corrected chi connectivity index (χ3v) is 6.93. The fraction of sp³-hybridized carbons (Fsp3) is 0.0667. The van der Waals surface area contributed by atoms with Crippen LogP contribution in [0.3, 0.4) is 0 Å². The van der Waals surface area contributed by atoms with Gasteiger partial charge in [-0.2, -0.15) is 0 Å². The standard InChI is InChI=1S/C30H22N2/c1-19-13-15-20(16-14-19)28-17-21-7-2-3-8-22(21)30-25-18-31-26-11-6-10-24(29(25)26)23-9-4-5-12-27(23)32(28)30/h2-18,30-31H,1H3. The van der Waals surface area contributed by atoms with Crippen LogP contribution in [0, 0.1) is 6.92 Å². The van der Waals surface area contributed by atoms with E-state index in [1.165, 1.54) is 61.2 Å². The van der Waals surface area contributed by atoms with E-state index in [1.807, 2.05) is 0 Å². The van der Waals surface area contributed by atoms with Crippen molar-refractivity contribution in [2.45, 2.75) is 13.0 Å². The Labute approximate surface area is 187 Å². The summed E-state index contributed by atoms with van der Waals surface area (Å²) in [6, 6.07) is 33.3. The van der Waals surface area contributed by atoms with E-state index in [9.17, 15) is 0 Å². The van der Waals surface area contributed by atoms with E-state index in [-0.39, 0.29) is 6.04 Å². The molecule has 1 unspecified atom stereocenters. The zero-order valence-electron chi connectivity index (χ0n) is 17.8. The minimum Gasteiger partial charge on any atom is -0.361 e. The van der Waals surface area contributed by atoms with E-state index in [0.29, 0.717) is 0 Å². The highest BCUT2D eigenvalue weighted by molar-refractivity contribution is 6.07. The number of rotatable bonds is 1. The number of aryl methyl sites for hydroxylation is 1. The molecule has 0 amide bonds. The van der Waals surface area contributed by atoms with Crippen molar-refractivity contribution >= 4 is 28.4 Å². The number of para-hydroxylation sites is 1. The Bertz CT molecular complexity index is 1540. The zero-order valence-corrected chi connectivity index (χ0v) is 17.8. The van der Waals surface area contributed by atoms with E-state index >= 15 is 0 Å². The molecule has 0 saturated carbocycles. The van der Waals surface area contributed by atoms with E-state index in [2.05, 4.69) is 120 Å². The van der Waals surface area contributed by atoms with Crippen molar-refractivity contribution in [2.24, 2.45) is 0 Å². The molecule has 1 aromatic heterocycles. The van der Waals surface area contributed by atoms with Crippen molar-refractivity contribution in [1.29, 1.82) is 0 Å². The fourth-order valence-corrected chi connectivity index (χ4v) is 5.47. The zero-order chi connectivity index (χ0) is 21.2. The van der Waals surface area contributed by atoms with Gasteiger partial charge < -0.3 is 9.88 Å². The van der Waals surface area contributed by atoms with Gasteiger partial charge in [0.2, 0.25) is 0 Å². The summed E-state index contributed by atoms with van der Waals surface area (Å²) >= 11 is 0. The van der Waals surface area contributed by atoms with Gasteiger partial charge in [0.25, 0.3) is 0 Å². The van der Waals surface area contributed by atoms with Crippen LogP contribution < -0.4 is 4.90 Å². The molecule has 7 rings (SSSR count). The van der Waals surface area contributed by atoms with Crippen LogP contribution in [0.2, 0.25) is 0 Å². The van der Waals surface area contributed by atoms with Gasteiger partial charge in [0.05, 0.1) is 6.04 Å². The first-order valence-electron chi connectivity index (χ1n) is 11.2. The highest BCUT2D eigenvalue weighted by Crippen LogP contribution is 2.52. The van der Waals surface area contributed by atoms with Crippen LogP contribution in [0.4, 0.5) is 5.69 Å². The molecule has 0 fully saturated rings. The Morgan fingerprint density at radius 3 is 2.41 bits per heavy atom. The number of fused-ring (bicyclic) bond motifs is 7. The number of nitrogens with zero attached hydrogens (tertiary/aromatic N) is 1. The molecule has 2 heteroatoms. The maximum Gasteiger partial charge on any atom is 0.0871 e. The lowest BCUT2D eigenvalue weighted by atomic mass is 9.87. The average Bonchev–Trinajstić information content (AvgIpc) is 3.22. The SMILES string of the molecule is Cc1ccc(C2=Cc3ccccc3C3c4c[nH]c5cccc(c45)-c4ccccc4N23)cc1. The lowest BCUT2D eigenvalue weighted by Gasteiger charge is -2.39. The molecule has 1 N–H and O–H groups in total. The smallest absolute Gasteiger partial charge is 0.0871 e. The third kappa shape index (κ3) is 2.35. The summed E-state index contributed by atoms with van der Waals surface area (Å²) in [5.74, 6) is 0. The average molecular weight is 411 g/mol. The number of hydrogen-bond acceptors (Lipinski definition) is 1. The first-order chi connectivity index (χ1) is 15.8. The van der Waals surface area contributed by atoms with Crippen molar-refractivity contribution in [3.8, 4) is 11.1 Å². The molecule has 0 saturated heterocycles. The van der Waals surface area contributed by atoms with Gasteiger partial charge in [0.1, 0.15) is 0 Å².